The third-order valence-electron chi connectivity index (χ3n) is 4.77. The Labute approximate surface area is 135 Å². The molecule has 1 fully saturated rings. The lowest BCUT2D eigenvalue weighted by Crippen LogP contribution is -2.55. The summed E-state index contributed by atoms with van der Waals surface area (Å²) >= 11 is 5.19. The van der Waals surface area contributed by atoms with E-state index in [0.717, 1.165) is 0 Å². The van der Waals surface area contributed by atoms with Crippen molar-refractivity contribution >= 4 is 38.5 Å². The van der Waals surface area contributed by atoms with Gasteiger partial charge in [0, 0.05) is 10.5 Å². The molecular weight excluding hydrogens is 454 g/mol. The maximum Gasteiger partial charge on any atom is 0.423 e. The molecule has 2 heterocycles. The van der Waals surface area contributed by atoms with Crippen LogP contribution in [0.1, 0.15) is 31.0 Å². The molecule has 0 aromatic carbocycles. The molecule has 8 heteroatoms. The van der Waals surface area contributed by atoms with E-state index in [9.17, 15) is 23.4 Å². The van der Waals surface area contributed by atoms with Gasteiger partial charge in [-0.2, -0.15) is 13.2 Å². The van der Waals surface area contributed by atoms with E-state index in [-0.39, 0.29) is 12.1 Å². The Morgan fingerprint density at radius 1 is 1.50 bits per heavy atom. The fourth-order valence-corrected chi connectivity index (χ4v) is 5.05. The highest BCUT2D eigenvalue weighted by Crippen LogP contribution is 2.67. The first-order valence-electron chi connectivity index (χ1n) is 6.17. The van der Waals surface area contributed by atoms with E-state index >= 15 is 0 Å². The van der Waals surface area contributed by atoms with Gasteiger partial charge in [0.15, 0.2) is 0 Å². The number of aliphatic hydroxyl groups is 2. The largest absolute Gasteiger partial charge is 0.423 e. The van der Waals surface area contributed by atoms with Crippen molar-refractivity contribution in [3.05, 3.63) is 19.9 Å². The molecule has 1 aromatic rings. The Hall–Kier alpha value is 0.200. The summed E-state index contributed by atoms with van der Waals surface area (Å²) in [5.74, 6) is 0. The van der Waals surface area contributed by atoms with Crippen LogP contribution < -0.4 is 0 Å². The molecule has 0 amide bonds. The van der Waals surface area contributed by atoms with Crippen LogP contribution in [-0.2, 0) is 5.60 Å². The van der Waals surface area contributed by atoms with E-state index in [1.807, 2.05) is 22.6 Å². The van der Waals surface area contributed by atoms with Crippen molar-refractivity contribution in [1.29, 1.82) is 0 Å². The molecule has 3 rings (SSSR count). The van der Waals surface area contributed by atoms with E-state index in [4.69, 9.17) is 0 Å². The van der Waals surface area contributed by atoms with Crippen molar-refractivity contribution in [3.63, 3.8) is 0 Å². The zero-order chi connectivity index (χ0) is 14.9. The number of nitrogens with zero attached hydrogens (tertiary/aromatic N) is 1. The van der Waals surface area contributed by atoms with Gasteiger partial charge in [-0.3, -0.25) is 0 Å². The van der Waals surface area contributed by atoms with Crippen molar-refractivity contribution in [3.8, 4) is 0 Å². The summed E-state index contributed by atoms with van der Waals surface area (Å²) in [5, 5.41) is 20.3. The summed E-state index contributed by atoms with van der Waals surface area (Å²) < 4.78 is 43.6. The molecule has 112 valence electrons. The molecule has 1 aliphatic carbocycles. The Morgan fingerprint density at radius 2 is 2.15 bits per heavy atom. The lowest BCUT2D eigenvalue weighted by molar-refractivity contribution is -0.311. The quantitative estimate of drug-likeness (QED) is 0.625. The molecule has 0 saturated heterocycles. The molecule has 20 heavy (non-hydrogen) atoms. The van der Waals surface area contributed by atoms with Crippen LogP contribution in [0.25, 0.3) is 0 Å². The third kappa shape index (κ3) is 1.49. The van der Waals surface area contributed by atoms with Crippen LogP contribution in [0.5, 0.6) is 0 Å². The first-order chi connectivity index (χ1) is 9.20. The summed E-state index contributed by atoms with van der Waals surface area (Å²) in [6.07, 6.45) is -3.56. The molecule has 2 aliphatic rings. The number of hydrogen-bond acceptors (Lipinski definition) is 2. The third-order valence-corrected chi connectivity index (χ3v) is 7.21. The normalized spacial score (nSPS) is 36.2. The van der Waals surface area contributed by atoms with E-state index in [1.54, 1.807) is 4.57 Å². The summed E-state index contributed by atoms with van der Waals surface area (Å²) in [6, 6.07) is 0.803. The smallest absolute Gasteiger partial charge is 0.396 e. The molecule has 1 aromatic heterocycles. The van der Waals surface area contributed by atoms with Gasteiger partial charge >= 0.3 is 6.18 Å². The van der Waals surface area contributed by atoms with E-state index in [0.29, 0.717) is 21.0 Å². The van der Waals surface area contributed by atoms with Crippen molar-refractivity contribution in [1.82, 2.24) is 4.57 Å². The van der Waals surface area contributed by atoms with E-state index in [2.05, 4.69) is 15.9 Å². The first kappa shape index (κ1) is 15.1. The average molecular weight is 466 g/mol. The van der Waals surface area contributed by atoms with Gasteiger partial charge in [0.25, 0.3) is 0 Å². The van der Waals surface area contributed by atoms with E-state index in [1.165, 1.54) is 6.07 Å². The van der Waals surface area contributed by atoms with Gasteiger partial charge in [-0.15, -0.1) is 0 Å². The molecule has 3 atom stereocenters. The number of halogens is 5. The number of aliphatic hydroxyl groups excluding tert-OH is 1. The highest BCUT2D eigenvalue weighted by molar-refractivity contribution is 14.1. The number of hydrogen-bond donors (Lipinski definition) is 2. The lowest BCUT2D eigenvalue weighted by Gasteiger charge is -2.41. The summed E-state index contributed by atoms with van der Waals surface area (Å²) in [7, 11) is 0. The van der Waals surface area contributed by atoms with Crippen LogP contribution in [0.3, 0.4) is 0 Å². The Morgan fingerprint density at radius 3 is 2.70 bits per heavy atom. The average Bonchev–Trinajstić information content (AvgIpc) is 2.95. The maximum absolute atomic E-state index is 13.6. The minimum absolute atomic E-state index is 0.166. The van der Waals surface area contributed by atoms with Crippen molar-refractivity contribution in [2.24, 2.45) is 5.41 Å². The molecule has 0 unspecified atom stereocenters. The van der Waals surface area contributed by atoms with Crippen LogP contribution in [0, 0.1) is 9.12 Å². The topological polar surface area (TPSA) is 45.4 Å². The number of rotatable bonds is 1. The standard InChI is InChI=1S/C12H12BrF3INO2/c13-6-4-8-11(20,12(14,15)16)10(5-19)3-1-2-7(10)18(8)9(6)17/h4,7,19-20H,1-3,5H2/t7-,10-,11+/m1/s1. The minimum Gasteiger partial charge on any atom is -0.396 e. The molecule has 0 spiro atoms. The van der Waals surface area contributed by atoms with Gasteiger partial charge in [0.05, 0.1) is 21.4 Å². The van der Waals surface area contributed by atoms with Crippen LogP contribution in [0.4, 0.5) is 13.2 Å². The van der Waals surface area contributed by atoms with Crippen molar-refractivity contribution in [2.75, 3.05) is 6.61 Å². The second kappa shape index (κ2) is 4.36. The molecular formula is C12H12BrF3INO2. The number of aromatic nitrogens is 1. The van der Waals surface area contributed by atoms with Crippen LogP contribution >= 0.6 is 38.5 Å². The highest BCUT2D eigenvalue weighted by Gasteiger charge is 2.75. The predicted octanol–water partition coefficient (Wildman–Crippen LogP) is 3.32. The zero-order valence-electron chi connectivity index (χ0n) is 10.2. The van der Waals surface area contributed by atoms with Gasteiger partial charge in [-0.1, -0.05) is 6.42 Å². The Balaban J connectivity index is 2.34. The molecule has 2 N–H and O–H groups in total. The SMILES string of the molecule is OC[C@]12CCC[C@H]1n1c(cc(Br)c1I)[C@@]2(O)C(F)(F)F. The summed E-state index contributed by atoms with van der Waals surface area (Å²) in [5.41, 5.74) is -4.73. The molecule has 0 radical (unpaired) electrons. The van der Waals surface area contributed by atoms with Gasteiger partial charge in [0.1, 0.15) is 0 Å². The Bertz CT molecular complexity index is 576. The summed E-state index contributed by atoms with van der Waals surface area (Å²) in [4.78, 5) is 0. The minimum atomic E-state index is -4.83. The van der Waals surface area contributed by atoms with Crippen LogP contribution in [-0.4, -0.2) is 27.6 Å². The molecule has 1 aliphatic heterocycles. The monoisotopic (exact) mass is 465 g/mol. The second-order valence-electron chi connectivity index (χ2n) is 5.47. The predicted molar refractivity (Wildman–Crippen MR) is 77.2 cm³/mol. The Kier molecular flexibility index (Phi) is 3.29. The number of fused-ring (bicyclic) bond motifs is 3. The van der Waals surface area contributed by atoms with Crippen LogP contribution in [0.15, 0.2) is 10.5 Å². The van der Waals surface area contributed by atoms with Crippen LogP contribution in [0.2, 0.25) is 0 Å². The fraction of sp³-hybridized carbons (Fsp3) is 0.667. The molecule has 3 nitrogen and oxygen atoms in total. The maximum atomic E-state index is 13.6. The lowest BCUT2D eigenvalue weighted by atomic mass is 9.69. The van der Waals surface area contributed by atoms with Crippen molar-refractivity contribution < 1.29 is 23.4 Å². The van der Waals surface area contributed by atoms with Crippen molar-refractivity contribution in [2.45, 2.75) is 37.1 Å². The number of alkyl halides is 3. The van der Waals surface area contributed by atoms with Gasteiger partial charge in [-0.05, 0) is 57.4 Å². The first-order valence-corrected chi connectivity index (χ1v) is 8.04. The fourth-order valence-electron chi connectivity index (χ4n) is 3.89. The van der Waals surface area contributed by atoms with Gasteiger partial charge in [0.2, 0.25) is 5.60 Å². The highest BCUT2D eigenvalue weighted by atomic mass is 127. The van der Waals surface area contributed by atoms with E-state index < -0.39 is 29.8 Å². The molecule has 0 bridgehead atoms. The second-order valence-corrected chi connectivity index (χ2v) is 7.34. The van der Waals surface area contributed by atoms with Gasteiger partial charge in [-0.25, -0.2) is 0 Å². The molecule has 1 saturated carbocycles. The summed E-state index contributed by atoms with van der Waals surface area (Å²) in [6.45, 7) is -0.678. The zero-order valence-corrected chi connectivity index (χ0v) is 14.0. The van der Waals surface area contributed by atoms with Gasteiger partial charge < -0.3 is 14.8 Å².